The van der Waals surface area contributed by atoms with E-state index in [1.54, 1.807) is 12.1 Å². The van der Waals surface area contributed by atoms with Crippen molar-refractivity contribution in [3.8, 4) is 5.75 Å². The van der Waals surface area contributed by atoms with Gasteiger partial charge in [-0.05, 0) is 30.7 Å². The quantitative estimate of drug-likeness (QED) is 0.190. The maximum Gasteiger partial charge on any atom is 0.513 e. The van der Waals surface area contributed by atoms with Gasteiger partial charge in [0.25, 0.3) is 0 Å². The number of carbonyl (C=O) groups excluding carboxylic acids is 1. The van der Waals surface area contributed by atoms with Crippen molar-refractivity contribution in [2.24, 2.45) is 0 Å². The Morgan fingerprint density at radius 2 is 1.74 bits per heavy atom. The van der Waals surface area contributed by atoms with Gasteiger partial charge in [-0.2, -0.15) is 0 Å². The molecule has 7 nitrogen and oxygen atoms in total. The highest BCUT2D eigenvalue weighted by atomic mass is 32.3. The Balaban J connectivity index is 0.000000688. The number of ether oxygens (including phenoxy) is 2. The number of unbranched alkanes of at least 4 members (excludes halogenated alkanes) is 1. The summed E-state index contributed by atoms with van der Waals surface area (Å²) in [6.45, 7) is 2.46. The number of benzene rings is 1. The molecule has 23 heavy (non-hydrogen) atoms. The zero-order chi connectivity index (χ0) is 17.9. The maximum absolute atomic E-state index is 11.3. The number of carbonyl (C=O) groups is 1. The molecule has 1 rings (SSSR count). The molecule has 0 bridgehead atoms. The Kier molecular flexibility index (Phi) is 10.6. The van der Waals surface area contributed by atoms with E-state index in [0.717, 1.165) is 20.0 Å². The first-order valence-electron chi connectivity index (χ1n) is 6.73. The number of hydrogen-bond donors (Lipinski definition) is 0. The van der Waals surface area contributed by atoms with E-state index < -0.39 is 16.6 Å². The third-order valence-corrected chi connectivity index (χ3v) is 4.04. The van der Waals surface area contributed by atoms with Crippen LogP contribution in [0.1, 0.15) is 19.8 Å². The van der Waals surface area contributed by atoms with Crippen LogP contribution in [0.2, 0.25) is 0 Å². The van der Waals surface area contributed by atoms with Gasteiger partial charge in [0, 0.05) is 10.9 Å². The minimum atomic E-state index is -4.41. The summed E-state index contributed by atoms with van der Waals surface area (Å²) >= 11 is 0. The molecule has 0 amide bonds. The highest BCUT2D eigenvalue weighted by Gasteiger charge is 2.10. The van der Waals surface area contributed by atoms with Crippen LogP contribution in [0.25, 0.3) is 0 Å². The van der Waals surface area contributed by atoms with Gasteiger partial charge in [-0.3, -0.25) is 4.18 Å². The third kappa shape index (κ3) is 11.9. The molecule has 132 valence electrons. The lowest BCUT2D eigenvalue weighted by Crippen LogP contribution is -2.11. The zero-order valence-corrected chi connectivity index (χ0v) is 15.2. The molecule has 0 aromatic heterocycles. The van der Waals surface area contributed by atoms with Crippen molar-refractivity contribution >= 4 is 27.4 Å². The van der Waals surface area contributed by atoms with Crippen LogP contribution in [0, 0.1) is 0 Å². The van der Waals surface area contributed by atoms with E-state index in [-0.39, 0.29) is 10.9 Å². The van der Waals surface area contributed by atoms with Crippen LogP contribution in [-0.4, -0.2) is 45.4 Å². The third-order valence-electron chi connectivity index (χ3n) is 2.42. The molecule has 1 aromatic carbocycles. The first kappa shape index (κ1) is 21.7. The Hall–Kier alpha value is -1.29. The fourth-order valence-electron chi connectivity index (χ4n) is 1.21. The monoisotopic (exact) mass is 366 g/mol. The van der Waals surface area contributed by atoms with E-state index in [2.05, 4.69) is 16.7 Å². The summed E-state index contributed by atoms with van der Waals surface area (Å²) < 4.78 is 41.0. The van der Waals surface area contributed by atoms with Crippen molar-refractivity contribution in [3.05, 3.63) is 24.3 Å². The van der Waals surface area contributed by atoms with Crippen LogP contribution in [0.3, 0.4) is 0 Å². The van der Waals surface area contributed by atoms with E-state index in [4.69, 9.17) is 9.47 Å². The minimum absolute atomic E-state index is 0.222. The van der Waals surface area contributed by atoms with Crippen LogP contribution < -0.4 is 4.74 Å². The average molecular weight is 366 g/mol. The molecule has 0 saturated carbocycles. The van der Waals surface area contributed by atoms with Crippen molar-refractivity contribution in [1.82, 2.24) is 0 Å². The van der Waals surface area contributed by atoms with Crippen LogP contribution in [0.15, 0.2) is 29.2 Å². The maximum atomic E-state index is 11.3. The van der Waals surface area contributed by atoms with Crippen LogP contribution in [-0.2, 0) is 30.2 Å². The lowest BCUT2D eigenvalue weighted by atomic mass is 10.3. The van der Waals surface area contributed by atoms with Crippen LogP contribution in [0.4, 0.5) is 4.79 Å². The number of hydrogen-bond acceptors (Lipinski definition) is 7. The van der Waals surface area contributed by atoms with E-state index >= 15 is 0 Å². The van der Waals surface area contributed by atoms with Crippen molar-refractivity contribution < 1.29 is 31.4 Å². The van der Waals surface area contributed by atoms with Crippen LogP contribution >= 0.6 is 0 Å². The fourth-order valence-corrected chi connectivity index (χ4v) is 1.89. The zero-order valence-electron chi connectivity index (χ0n) is 13.6. The van der Waals surface area contributed by atoms with Gasteiger partial charge in [-0.1, -0.05) is 13.3 Å². The predicted molar refractivity (Wildman–Crippen MR) is 87.5 cm³/mol. The smallest absolute Gasteiger partial charge is 0.513 e. The average Bonchev–Trinajstić information content (AvgIpc) is 2.48. The van der Waals surface area contributed by atoms with E-state index in [9.17, 15) is 17.8 Å². The summed E-state index contributed by atoms with van der Waals surface area (Å²) in [7, 11) is -3.38. The molecule has 0 aliphatic heterocycles. The lowest BCUT2D eigenvalue weighted by molar-refractivity contribution is 0.0978. The Labute approximate surface area is 140 Å². The van der Waals surface area contributed by atoms with Gasteiger partial charge in [0.05, 0.1) is 13.7 Å². The van der Waals surface area contributed by atoms with Crippen molar-refractivity contribution in [2.45, 2.75) is 24.7 Å². The molecule has 0 fully saturated rings. The van der Waals surface area contributed by atoms with Gasteiger partial charge in [-0.25, -0.2) is 13.2 Å². The van der Waals surface area contributed by atoms with E-state index in [1.165, 1.54) is 4.90 Å². The molecule has 0 heterocycles. The molecule has 0 radical (unpaired) electrons. The molecule has 0 saturated heterocycles. The summed E-state index contributed by atoms with van der Waals surface area (Å²) in [6, 6.07) is 7.53. The lowest BCUT2D eigenvalue weighted by Gasteiger charge is -2.05. The van der Waals surface area contributed by atoms with Crippen molar-refractivity contribution in [2.75, 3.05) is 26.2 Å². The second-order valence-corrected chi connectivity index (χ2v) is 7.67. The predicted octanol–water partition coefficient (Wildman–Crippen LogP) is 2.33. The van der Waals surface area contributed by atoms with Gasteiger partial charge >= 0.3 is 6.16 Å². The molecule has 0 atom stereocenters. The van der Waals surface area contributed by atoms with Gasteiger partial charge in [0.1, 0.15) is 18.3 Å². The standard InChI is InChI=1S/C13H19O3S.CH4O4S/c1-4-5-10-15-13(14)16-11-6-8-12(9-7-11)17(2)3;1-5-6(2,3)4/h6-9H,4-5,10H2,1-3H3;1H3,(H,2,3,4)/q+1;/p-1. The molecular formula is C14H22O7S2. The first-order valence-corrected chi connectivity index (χ1v) is 10.1. The SMILES string of the molecule is CCCCOC(=O)Oc1ccc([S+](C)C)cc1.COS(=O)(=O)[O-]. The molecule has 0 aliphatic rings. The summed E-state index contributed by atoms with van der Waals surface area (Å²) in [5.74, 6) is 0.528. The summed E-state index contributed by atoms with van der Waals surface area (Å²) in [4.78, 5) is 12.5. The molecule has 0 unspecified atom stereocenters. The van der Waals surface area contributed by atoms with E-state index in [1.807, 2.05) is 19.1 Å². The topological polar surface area (TPSA) is 102 Å². The fraction of sp³-hybridized carbons (Fsp3) is 0.500. The molecule has 9 heteroatoms. The molecular weight excluding hydrogens is 344 g/mol. The highest BCUT2D eigenvalue weighted by Crippen LogP contribution is 2.16. The summed E-state index contributed by atoms with van der Waals surface area (Å²) in [5, 5.41) is 0. The normalized spacial score (nSPS) is 10.7. The highest BCUT2D eigenvalue weighted by molar-refractivity contribution is 7.95. The van der Waals surface area contributed by atoms with Crippen molar-refractivity contribution in [1.29, 1.82) is 0 Å². The Morgan fingerprint density at radius 1 is 1.22 bits per heavy atom. The van der Waals surface area contributed by atoms with Crippen molar-refractivity contribution in [3.63, 3.8) is 0 Å². The first-order chi connectivity index (χ1) is 10.7. The summed E-state index contributed by atoms with van der Waals surface area (Å²) in [6.07, 6.45) is 5.53. The Morgan fingerprint density at radius 3 is 2.13 bits per heavy atom. The van der Waals surface area contributed by atoms with E-state index in [0.29, 0.717) is 12.4 Å². The molecule has 0 spiro atoms. The Bertz CT molecular complexity index is 553. The molecule has 0 N–H and O–H groups in total. The molecule has 1 aromatic rings. The second kappa shape index (κ2) is 11.3. The van der Waals surface area contributed by atoms with Crippen LogP contribution in [0.5, 0.6) is 5.75 Å². The minimum Gasteiger partial charge on any atom is -0.726 e. The molecule has 0 aliphatic carbocycles. The van der Waals surface area contributed by atoms with Gasteiger partial charge in [0.15, 0.2) is 4.90 Å². The van der Waals surface area contributed by atoms with Gasteiger partial charge in [0.2, 0.25) is 10.4 Å². The van der Waals surface area contributed by atoms with Gasteiger partial charge in [-0.15, -0.1) is 0 Å². The number of rotatable bonds is 6. The largest absolute Gasteiger partial charge is 0.726 e. The second-order valence-electron chi connectivity index (χ2n) is 4.42. The van der Waals surface area contributed by atoms with Gasteiger partial charge < -0.3 is 14.0 Å². The summed E-state index contributed by atoms with van der Waals surface area (Å²) in [5.41, 5.74) is 0.